The van der Waals surface area contributed by atoms with Crippen molar-refractivity contribution < 1.29 is 14.3 Å². The van der Waals surface area contributed by atoms with Crippen LogP contribution in [0.5, 0.6) is 11.5 Å². The standard InChI is InChI=1S/C20H20N2O3S/c1-3-24-16-10-8-15(9-11-16)17-13-26-20(21-17)22-19(23)12-25-18-7-5-4-6-14(18)2/h4-11,13H,3,12H2,1-2H3,(H,21,22,23). The molecule has 0 fully saturated rings. The molecule has 3 rings (SSSR count). The summed E-state index contributed by atoms with van der Waals surface area (Å²) >= 11 is 1.38. The molecule has 2 aromatic carbocycles. The number of carbonyl (C=O) groups is 1. The van der Waals surface area contributed by atoms with E-state index in [1.165, 1.54) is 11.3 Å². The first-order chi connectivity index (χ1) is 12.7. The Hall–Kier alpha value is -2.86. The Morgan fingerprint density at radius 2 is 1.88 bits per heavy atom. The third-order valence-electron chi connectivity index (χ3n) is 3.66. The molecule has 0 aliphatic rings. The quantitative estimate of drug-likeness (QED) is 0.665. The Balaban J connectivity index is 1.57. The minimum atomic E-state index is -0.235. The molecule has 0 radical (unpaired) electrons. The lowest BCUT2D eigenvalue weighted by Crippen LogP contribution is -2.20. The number of nitrogens with one attached hydrogen (secondary N) is 1. The summed E-state index contributed by atoms with van der Waals surface area (Å²) in [4.78, 5) is 16.5. The molecule has 0 aliphatic heterocycles. The number of anilines is 1. The normalized spacial score (nSPS) is 10.4. The van der Waals surface area contributed by atoms with Gasteiger partial charge < -0.3 is 9.47 Å². The third kappa shape index (κ3) is 4.61. The summed E-state index contributed by atoms with van der Waals surface area (Å²) in [5, 5.41) is 5.23. The number of carbonyl (C=O) groups excluding carboxylic acids is 1. The number of nitrogens with zero attached hydrogens (tertiary/aromatic N) is 1. The van der Waals surface area contributed by atoms with Crippen LogP contribution in [0.2, 0.25) is 0 Å². The molecule has 3 aromatic rings. The number of ether oxygens (including phenoxy) is 2. The molecule has 0 aliphatic carbocycles. The second-order valence-electron chi connectivity index (χ2n) is 5.60. The van der Waals surface area contributed by atoms with E-state index in [4.69, 9.17) is 9.47 Å². The second-order valence-corrected chi connectivity index (χ2v) is 6.46. The van der Waals surface area contributed by atoms with Gasteiger partial charge in [-0.2, -0.15) is 0 Å². The molecule has 0 saturated heterocycles. The van der Waals surface area contributed by atoms with Gasteiger partial charge in [0.25, 0.3) is 5.91 Å². The van der Waals surface area contributed by atoms with Crippen molar-refractivity contribution in [3.05, 3.63) is 59.5 Å². The van der Waals surface area contributed by atoms with Crippen molar-refractivity contribution in [3.63, 3.8) is 0 Å². The predicted molar refractivity (Wildman–Crippen MR) is 104 cm³/mol. The van der Waals surface area contributed by atoms with E-state index in [-0.39, 0.29) is 12.5 Å². The fraction of sp³-hybridized carbons (Fsp3) is 0.200. The summed E-state index contributed by atoms with van der Waals surface area (Å²) in [6.07, 6.45) is 0. The highest BCUT2D eigenvalue weighted by Gasteiger charge is 2.09. The number of rotatable bonds is 7. The Kier molecular flexibility index (Phi) is 5.86. The van der Waals surface area contributed by atoms with E-state index in [2.05, 4.69) is 10.3 Å². The summed E-state index contributed by atoms with van der Waals surface area (Å²) < 4.78 is 11.0. The van der Waals surface area contributed by atoms with Gasteiger partial charge in [-0.25, -0.2) is 4.98 Å². The number of aryl methyl sites for hydroxylation is 1. The molecular formula is C20H20N2O3S. The second kappa shape index (κ2) is 8.49. The molecule has 1 N–H and O–H groups in total. The van der Waals surface area contributed by atoms with Gasteiger partial charge in [0.05, 0.1) is 12.3 Å². The van der Waals surface area contributed by atoms with Gasteiger partial charge in [0.2, 0.25) is 0 Å². The molecular weight excluding hydrogens is 348 g/mol. The lowest BCUT2D eigenvalue weighted by molar-refractivity contribution is -0.118. The van der Waals surface area contributed by atoms with Crippen LogP contribution in [-0.2, 0) is 4.79 Å². The molecule has 5 nitrogen and oxygen atoms in total. The third-order valence-corrected chi connectivity index (χ3v) is 4.42. The number of thiazole rings is 1. The lowest BCUT2D eigenvalue weighted by Gasteiger charge is -2.08. The van der Waals surface area contributed by atoms with E-state index in [0.717, 1.165) is 22.6 Å². The van der Waals surface area contributed by atoms with Crippen molar-refractivity contribution in [2.45, 2.75) is 13.8 Å². The molecule has 0 unspecified atom stereocenters. The molecule has 6 heteroatoms. The first-order valence-corrected chi connectivity index (χ1v) is 9.20. The average Bonchev–Trinajstić information content (AvgIpc) is 3.10. The van der Waals surface area contributed by atoms with Crippen LogP contribution in [0.15, 0.2) is 53.9 Å². The summed E-state index contributed by atoms with van der Waals surface area (Å²) in [5.41, 5.74) is 2.78. The van der Waals surface area contributed by atoms with Crippen LogP contribution in [0.4, 0.5) is 5.13 Å². The monoisotopic (exact) mass is 368 g/mol. The minimum absolute atomic E-state index is 0.0528. The van der Waals surface area contributed by atoms with Crippen molar-refractivity contribution in [2.75, 3.05) is 18.5 Å². The van der Waals surface area contributed by atoms with Crippen molar-refractivity contribution in [3.8, 4) is 22.8 Å². The van der Waals surface area contributed by atoms with Gasteiger partial charge in [0, 0.05) is 10.9 Å². The lowest BCUT2D eigenvalue weighted by atomic mass is 10.2. The molecule has 26 heavy (non-hydrogen) atoms. The maximum atomic E-state index is 12.1. The summed E-state index contributed by atoms with van der Waals surface area (Å²) in [7, 11) is 0. The fourth-order valence-electron chi connectivity index (χ4n) is 2.37. The number of aromatic nitrogens is 1. The van der Waals surface area contributed by atoms with Crippen molar-refractivity contribution in [1.29, 1.82) is 0 Å². The summed E-state index contributed by atoms with van der Waals surface area (Å²) in [6, 6.07) is 15.3. The zero-order valence-corrected chi connectivity index (χ0v) is 15.5. The van der Waals surface area contributed by atoms with Crippen molar-refractivity contribution in [2.24, 2.45) is 0 Å². The number of para-hydroxylation sites is 1. The molecule has 1 aromatic heterocycles. The SMILES string of the molecule is CCOc1ccc(-c2csc(NC(=O)COc3ccccc3C)n2)cc1. The number of benzene rings is 2. The summed E-state index contributed by atoms with van der Waals surface area (Å²) in [6.45, 7) is 4.48. The van der Waals surface area contributed by atoms with E-state index in [1.54, 1.807) is 0 Å². The van der Waals surface area contributed by atoms with E-state index in [1.807, 2.05) is 67.8 Å². The highest BCUT2D eigenvalue weighted by Crippen LogP contribution is 2.26. The molecule has 0 spiro atoms. The van der Waals surface area contributed by atoms with Crippen LogP contribution >= 0.6 is 11.3 Å². The van der Waals surface area contributed by atoms with E-state index in [0.29, 0.717) is 17.5 Å². The highest BCUT2D eigenvalue weighted by atomic mass is 32.1. The van der Waals surface area contributed by atoms with E-state index < -0.39 is 0 Å². The molecule has 0 atom stereocenters. The fourth-order valence-corrected chi connectivity index (χ4v) is 3.11. The van der Waals surface area contributed by atoms with Gasteiger partial charge in [0.15, 0.2) is 11.7 Å². The van der Waals surface area contributed by atoms with Gasteiger partial charge in [0.1, 0.15) is 11.5 Å². The first-order valence-electron chi connectivity index (χ1n) is 8.32. The molecule has 0 saturated carbocycles. The van der Waals surface area contributed by atoms with Gasteiger partial charge in [-0.05, 0) is 49.7 Å². The topological polar surface area (TPSA) is 60.5 Å². The van der Waals surface area contributed by atoms with Gasteiger partial charge >= 0.3 is 0 Å². The van der Waals surface area contributed by atoms with Crippen LogP contribution in [-0.4, -0.2) is 24.1 Å². The Morgan fingerprint density at radius 3 is 2.62 bits per heavy atom. The van der Waals surface area contributed by atoms with Gasteiger partial charge in [-0.1, -0.05) is 18.2 Å². The number of hydrogen-bond acceptors (Lipinski definition) is 5. The van der Waals surface area contributed by atoms with Gasteiger partial charge in [-0.15, -0.1) is 11.3 Å². The first kappa shape index (κ1) is 17.9. The van der Waals surface area contributed by atoms with Gasteiger partial charge in [-0.3, -0.25) is 10.1 Å². The maximum Gasteiger partial charge on any atom is 0.264 e. The van der Waals surface area contributed by atoms with E-state index >= 15 is 0 Å². The number of hydrogen-bond donors (Lipinski definition) is 1. The summed E-state index contributed by atoms with van der Waals surface area (Å²) in [5.74, 6) is 1.30. The van der Waals surface area contributed by atoms with Crippen molar-refractivity contribution in [1.82, 2.24) is 4.98 Å². The smallest absolute Gasteiger partial charge is 0.264 e. The van der Waals surface area contributed by atoms with Crippen LogP contribution in [0.1, 0.15) is 12.5 Å². The Bertz CT molecular complexity index is 875. The minimum Gasteiger partial charge on any atom is -0.494 e. The Labute approximate surface area is 156 Å². The molecule has 1 heterocycles. The maximum absolute atomic E-state index is 12.1. The van der Waals surface area contributed by atoms with E-state index in [9.17, 15) is 4.79 Å². The van der Waals surface area contributed by atoms with Crippen molar-refractivity contribution >= 4 is 22.4 Å². The zero-order valence-electron chi connectivity index (χ0n) is 14.7. The Morgan fingerprint density at radius 1 is 1.12 bits per heavy atom. The van der Waals surface area contributed by atoms with Crippen LogP contribution in [0, 0.1) is 6.92 Å². The van der Waals surface area contributed by atoms with Crippen LogP contribution in [0.25, 0.3) is 11.3 Å². The molecule has 134 valence electrons. The van der Waals surface area contributed by atoms with Crippen LogP contribution < -0.4 is 14.8 Å². The average molecular weight is 368 g/mol. The predicted octanol–water partition coefficient (Wildman–Crippen LogP) is 4.53. The zero-order chi connectivity index (χ0) is 18.4. The largest absolute Gasteiger partial charge is 0.494 e. The molecule has 1 amide bonds. The van der Waals surface area contributed by atoms with Crippen LogP contribution in [0.3, 0.4) is 0 Å². The molecule has 0 bridgehead atoms. The number of amides is 1. The highest BCUT2D eigenvalue weighted by molar-refractivity contribution is 7.14.